The van der Waals surface area contributed by atoms with Crippen molar-refractivity contribution in [3.05, 3.63) is 54.0 Å². The molecule has 8 heteroatoms. The molecular weight excluding hydrogens is 338 g/mol. The SMILES string of the molecule is N#CCc1ccc(NC(=O)COC(=O)CCNC(=O)c2ccco2)cc1. The second-order valence-electron chi connectivity index (χ2n) is 5.22. The number of furan rings is 1. The smallest absolute Gasteiger partial charge is 0.308 e. The zero-order chi connectivity index (χ0) is 18.8. The third kappa shape index (κ3) is 6.13. The Morgan fingerprint density at radius 1 is 1.15 bits per heavy atom. The Labute approximate surface area is 149 Å². The molecule has 8 nitrogen and oxygen atoms in total. The summed E-state index contributed by atoms with van der Waals surface area (Å²) in [7, 11) is 0. The standard InChI is InChI=1S/C18H17N3O5/c19-9-7-13-3-5-14(6-4-13)21-16(22)12-26-17(23)8-10-20-18(24)15-2-1-11-25-15/h1-6,11H,7-8,10,12H2,(H,20,24)(H,21,22). The summed E-state index contributed by atoms with van der Waals surface area (Å²) in [6, 6.07) is 11.9. The molecule has 1 heterocycles. The molecule has 0 saturated heterocycles. The van der Waals surface area contributed by atoms with Crippen molar-refractivity contribution >= 4 is 23.5 Å². The molecule has 0 atom stereocenters. The summed E-state index contributed by atoms with van der Waals surface area (Å²) in [5.74, 6) is -1.37. The molecule has 134 valence electrons. The van der Waals surface area contributed by atoms with Crippen molar-refractivity contribution < 1.29 is 23.5 Å². The van der Waals surface area contributed by atoms with Crippen molar-refractivity contribution in [2.24, 2.45) is 0 Å². The van der Waals surface area contributed by atoms with Crippen molar-refractivity contribution in [1.82, 2.24) is 5.32 Å². The largest absolute Gasteiger partial charge is 0.459 e. The number of anilines is 1. The van der Waals surface area contributed by atoms with E-state index >= 15 is 0 Å². The van der Waals surface area contributed by atoms with Gasteiger partial charge in [0.1, 0.15) is 0 Å². The van der Waals surface area contributed by atoms with Crippen molar-refractivity contribution in [3.8, 4) is 6.07 Å². The number of esters is 1. The van der Waals surface area contributed by atoms with Gasteiger partial charge in [-0.15, -0.1) is 0 Å². The monoisotopic (exact) mass is 355 g/mol. The molecule has 0 fully saturated rings. The molecule has 0 aliphatic rings. The molecule has 0 saturated carbocycles. The summed E-state index contributed by atoms with van der Waals surface area (Å²) >= 11 is 0. The Kier molecular flexibility index (Phi) is 6.94. The maximum absolute atomic E-state index is 11.7. The fourth-order valence-electron chi connectivity index (χ4n) is 1.99. The number of carbonyl (C=O) groups excluding carboxylic acids is 3. The van der Waals surface area contributed by atoms with Crippen molar-refractivity contribution in [3.63, 3.8) is 0 Å². The fourth-order valence-corrected chi connectivity index (χ4v) is 1.99. The van der Waals surface area contributed by atoms with Crippen LogP contribution in [0.3, 0.4) is 0 Å². The molecular formula is C18H17N3O5. The lowest BCUT2D eigenvalue weighted by Crippen LogP contribution is -2.27. The third-order valence-electron chi connectivity index (χ3n) is 3.24. The van der Waals surface area contributed by atoms with Crippen molar-refractivity contribution in [2.45, 2.75) is 12.8 Å². The van der Waals surface area contributed by atoms with Crippen LogP contribution in [0.5, 0.6) is 0 Å². The second-order valence-corrected chi connectivity index (χ2v) is 5.22. The van der Waals surface area contributed by atoms with Crippen LogP contribution >= 0.6 is 0 Å². The van der Waals surface area contributed by atoms with E-state index in [-0.39, 0.29) is 18.7 Å². The van der Waals surface area contributed by atoms with E-state index in [1.807, 2.05) is 6.07 Å². The second kappa shape index (κ2) is 9.64. The highest BCUT2D eigenvalue weighted by Gasteiger charge is 2.11. The van der Waals surface area contributed by atoms with E-state index in [1.54, 1.807) is 30.3 Å². The average Bonchev–Trinajstić information content (AvgIpc) is 3.17. The number of benzene rings is 1. The number of nitrogens with zero attached hydrogens (tertiary/aromatic N) is 1. The number of ether oxygens (including phenoxy) is 1. The van der Waals surface area contributed by atoms with E-state index in [9.17, 15) is 14.4 Å². The van der Waals surface area contributed by atoms with Gasteiger partial charge in [-0.3, -0.25) is 14.4 Å². The normalized spacial score (nSPS) is 9.81. The summed E-state index contributed by atoms with van der Waals surface area (Å²) in [6.07, 6.45) is 1.60. The van der Waals surface area contributed by atoms with Crippen molar-refractivity contribution in [1.29, 1.82) is 5.26 Å². The molecule has 1 aromatic heterocycles. The molecule has 0 aliphatic carbocycles. The molecule has 2 N–H and O–H groups in total. The van der Waals surface area contributed by atoms with Crippen LogP contribution in [0.1, 0.15) is 22.5 Å². The zero-order valence-electron chi connectivity index (χ0n) is 13.9. The van der Waals surface area contributed by atoms with E-state index in [1.165, 1.54) is 12.3 Å². The number of hydrogen-bond acceptors (Lipinski definition) is 6. The number of carbonyl (C=O) groups is 3. The predicted octanol–water partition coefficient (Wildman–Crippen LogP) is 1.65. The van der Waals surface area contributed by atoms with Gasteiger partial charge < -0.3 is 19.8 Å². The average molecular weight is 355 g/mol. The molecule has 0 radical (unpaired) electrons. The van der Waals surface area contributed by atoms with E-state index in [2.05, 4.69) is 10.6 Å². The van der Waals surface area contributed by atoms with Crippen LogP contribution in [-0.2, 0) is 20.7 Å². The highest BCUT2D eigenvalue weighted by Crippen LogP contribution is 2.09. The molecule has 0 unspecified atom stereocenters. The predicted molar refractivity (Wildman–Crippen MR) is 91.0 cm³/mol. The van der Waals surface area contributed by atoms with Crippen LogP contribution in [0.4, 0.5) is 5.69 Å². The van der Waals surface area contributed by atoms with Gasteiger partial charge in [0.15, 0.2) is 12.4 Å². The molecule has 2 rings (SSSR count). The fraction of sp³-hybridized carbons (Fsp3) is 0.222. The van der Waals surface area contributed by atoms with E-state index < -0.39 is 24.4 Å². The molecule has 0 spiro atoms. The number of rotatable bonds is 8. The van der Waals surface area contributed by atoms with Crippen LogP contribution < -0.4 is 10.6 Å². The van der Waals surface area contributed by atoms with Gasteiger partial charge in [-0.25, -0.2) is 0 Å². The van der Waals surface area contributed by atoms with Gasteiger partial charge in [-0.05, 0) is 29.8 Å². The minimum absolute atomic E-state index is 0.0669. The summed E-state index contributed by atoms with van der Waals surface area (Å²) in [5, 5.41) is 13.7. The van der Waals surface area contributed by atoms with E-state index in [0.29, 0.717) is 12.1 Å². The van der Waals surface area contributed by atoms with E-state index in [4.69, 9.17) is 14.4 Å². The Morgan fingerprint density at radius 2 is 1.92 bits per heavy atom. The first-order valence-corrected chi connectivity index (χ1v) is 7.81. The topological polar surface area (TPSA) is 121 Å². The van der Waals surface area contributed by atoms with Gasteiger partial charge >= 0.3 is 5.97 Å². The summed E-state index contributed by atoms with van der Waals surface area (Å²) < 4.78 is 9.75. The van der Waals surface area contributed by atoms with Crippen LogP contribution in [0.15, 0.2) is 47.1 Å². The Hall–Kier alpha value is -3.60. The Morgan fingerprint density at radius 3 is 2.58 bits per heavy atom. The van der Waals surface area contributed by atoms with E-state index in [0.717, 1.165) is 5.56 Å². The van der Waals surface area contributed by atoms with Crippen LogP contribution in [-0.4, -0.2) is 30.9 Å². The molecule has 2 aromatic rings. The first kappa shape index (κ1) is 18.7. The Bertz CT molecular complexity index is 791. The van der Waals surface area contributed by atoms with Gasteiger partial charge in [-0.1, -0.05) is 12.1 Å². The number of nitrogens with one attached hydrogen (secondary N) is 2. The Balaban J connectivity index is 1.64. The van der Waals surface area contributed by atoms with Gasteiger partial charge in [0.2, 0.25) is 0 Å². The van der Waals surface area contributed by atoms with Gasteiger partial charge in [0.05, 0.1) is 25.2 Å². The number of nitriles is 1. The first-order valence-electron chi connectivity index (χ1n) is 7.81. The molecule has 2 amide bonds. The highest BCUT2D eigenvalue weighted by atomic mass is 16.5. The summed E-state index contributed by atoms with van der Waals surface area (Å²) in [5.41, 5.74) is 1.38. The maximum Gasteiger partial charge on any atom is 0.308 e. The maximum atomic E-state index is 11.7. The summed E-state index contributed by atoms with van der Waals surface area (Å²) in [6.45, 7) is -0.356. The quantitative estimate of drug-likeness (QED) is 0.694. The van der Waals surface area contributed by atoms with Gasteiger partial charge in [0, 0.05) is 12.2 Å². The zero-order valence-corrected chi connectivity index (χ0v) is 13.9. The molecule has 0 bridgehead atoms. The molecule has 26 heavy (non-hydrogen) atoms. The van der Waals surface area contributed by atoms with Gasteiger partial charge in [0.25, 0.3) is 11.8 Å². The van der Waals surface area contributed by atoms with Crippen molar-refractivity contribution in [2.75, 3.05) is 18.5 Å². The lowest BCUT2D eigenvalue weighted by atomic mass is 10.1. The molecule has 0 aliphatic heterocycles. The third-order valence-corrected chi connectivity index (χ3v) is 3.24. The van der Waals surface area contributed by atoms with Crippen LogP contribution in [0, 0.1) is 11.3 Å². The minimum Gasteiger partial charge on any atom is -0.459 e. The lowest BCUT2D eigenvalue weighted by Gasteiger charge is -2.07. The van der Waals surface area contributed by atoms with Crippen LogP contribution in [0.2, 0.25) is 0 Å². The van der Waals surface area contributed by atoms with Gasteiger partial charge in [-0.2, -0.15) is 5.26 Å². The number of hydrogen-bond donors (Lipinski definition) is 2. The highest BCUT2D eigenvalue weighted by molar-refractivity contribution is 5.93. The molecule has 1 aromatic carbocycles. The lowest BCUT2D eigenvalue weighted by molar-refractivity contribution is -0.147. The number of amides is 2. The first-order chi connectivity index (χ1) is 12.6. The van der Waals surface area contributed by atoms with Crippen LogP contribution in [0.25, 0.3) is 0 Å². The minimum atomic E-state index is -0.607. The summed E-state index contributed by atoms with van der Waals surface area (Å²) in [4.78, 5) is 34.9.